The third-order valence-corrected chi connectivity index (χ3v) is 4.45. The summed E-state index contributed by atoms with van der Waals surface area (Å²) >= 11 is 0. The number of anilines is 2. The normalized spacial score (nSPS) is 10.5. The number of pyridine rings is 2. The SMILES string of the molecule is Cc1ccc(NC(=O)c2ccnc(C(=O)Nc3cccc4cccnc34)c2)cc1. The number of aromatic nitrogens is 2. The molecule has 4 rings (SSSR count). The zero-order valence-electron chi connectivity index (χ0n) is 15.7. The Labute approximate surface area is 167 Å². The van der Waals surface area contributed by atoms with E-state index >= 15 is 0 Å². The standard InChI is InChI=1S/C23H18N4O2/c1-15-7-9-18(10-8-15)26-22(28)17-11-13-24-20(14-17)23(29)27-19-6-2-4-16-5-3-12-25-21(16)19/h2-14H,1H3,(H,26,28)(H,27,29). The maximum Gasteiger partial charge on any atom is 0.274 e. The van der Waals surface area contributed by atoms with Gasteiger partial charge >= 0.3 is 0 Å². The van der Waals surface area contributed by atoms with Crippen molar-refractivity contribution in [2.24, 2.45) is 0 Å². The van der Waals surface area contributed by atoms with Crippen molar-refractivity contribution in [3.05, 3.63) is 95.9 Å². The highest BCUT2D eigenvalue weighted by molar-refractivity contribution is 6.09. The van der Waals surface area contributed by atoms with E-state index in [9.17, 15) is 9.59 Å². The first-order valence-corrected chi connectivity index (χ1v) is 9.09. The maximum atomic E-state index is 12.7. The van der Waals surface area contributed by atoms with Crippen LogP contribution in [0.4, 0.5) is 11.4 Å². The molecule has 0 saturated carbocycles. The summed E-state index contributed by atoms with van der Waals surface area (Å²) in [5.74, 6) is -0.717. The summed E-state index contributed by atoms with van der Waals surface area (Å²) in [5, 5.41) is 6.57. The lowest BCUT2D eigenvalue weighted by Crippen LogP contribution is -2.17. The Kier molecular flexibility index (Phi) is 4.99. The Morgan fingerprint density at radius 2 is 1.59 bits per heavy atom. The van der Waals surface area contributed by atoms with E-state index in [1.54, 1.807) is 18.3 Å². The van der Waals surface area contributed by atoms with E-state index in [4.69, 9.17) is 0 Å². The van der Waals surface area contributed by atoms with Crippen LogP contribution in [0.5, 0.6) is 0 Å². The molecule has 142 valence electrons. The minimum atomic E-state index is -0.409. The number of carbonyl (C=O) groups is 2. The number of nitrogens with zero attached hydrogens (tertiary/aromatic N) is 2. The molecule has 2 heterocycles. The Balaban J connectivity index is 1.54. The predicted molar refractivity (Wildman–Crippen MR) is 113 cm³/mol. The number of para-hydroxylation sites is 1. The minimum Gasteiger partial charge on any atom is -0.322 e. The summed E-state index contributed by atoms with van der Waals surface area (Å²) in [6.07, 6.45) is 3.12. The van der Waals surface area contributed by atoms with Gasteiger partial charge in [-0.25, -0.2) is 0 Å². The molecule has 0 aliphatic carbocycles. The smallest absolute Gasteiger partial charge is 0.274 e. The molecule has 0 fully saturated rings. The van der Waals surface area contributed by atoms with E-state index in [2.05, 4.69) is 20.6 Å². The fraction of sp³-hybridized carbons (Fsp3) is 0.0435. The molecule has 29 heavy (non-hydrogen) atoms. The molecule has 0 bridgehead atoms. The molecule has 6 nitrogen and oxygen atoms in total. The topological polar surface area (TPSA) is 84.0 Å². The van der Waals surface area contributed by atoms with Gasteiger partial charge in [-0.1, -0.05) is 35.9 Å². The Morgan fingerprint density at radius 3 is 2.41 bits per heavy atom. The summed E-state index contributed by atoms with van der Waals surface area (Å²) < 4.78 is 0. The summed E-state index contributed by atoms with van der Waals surface area (Å²) in [6, 6.07) is 19.8. The first-order chi connectivity index (χ1) is 14.1. The Hall–Kier alpha value is -4.06. The van der Waals surface area contributed by atoms with Crippen LogP contribution in [0.1, 0.15) is 26.4 Å². The molecule has 0 aliphatic heterocycles. The van der Waals surface area contributed by atoms with E-state index in [1.807, 2.05) is 55.5 Å². The molecule has 0 unspecified atom stereocenters. The highest BCUT2D eigenvalue weighted by atomic mass is 16.2. The zero-order chi connectivity index (χ0) is 20.2. The fourth-order valence-corrected chi connectivity index (χ4v) is 2.93. The maximum absolute atomic E-state index is 12.7. The fourth-order valence-electron chi connectivity index (χ4n) is 2.93. The van der Waals surface area contributed by atoms with Gasteiger partial charge in [0.2, 0.25) is 0 Å². The van der Waals surface area contributed by atoms with Gasteiger partial charge < -0.3 is 10.6 Å². The Bertz CT molecular complexity index is 1200. The van der Waals surface area contributed by atoms with Crippen molar-refractivity contribution in [1.82, 2.24) is 9.97 Å². The molecule has 4 aromatic rings. The monoisotopic (exact) mass is 382 g/mol. The van der Waals surface area contributed by atoms with Gasteiger partial charge in [-0.2, -0.15) is 0 Å². The first-order valence-electron chi connectivity index (χ1n) is 9.09. The zero-order valence-corrected chi connectivity index (χ0v) is 15.7. The number of benzene rings is 2. The lowest BCUT2D eigenvalue weighted by molar-refractivity contribution is 0.102. The number of rotatable bonds is 4. The molecular formula is C23H18N4O2. The predicted octanol–water partition coefficient (Wildman–Crippen LogP) is 4.44. The number of nitrogens with one attached hydrogen (secondary N) is 2. The van der Waals surface area contributed by atoms with Crippen molar-refractivity contribution in [2.75, 3.05) is 10.6 Å². The van der Waals surface area contributed by atoms with Crippen molar-refractivity contribution in [2.45, 2.75) is 6.92 Å². The second-order valence-electron chi connectivity index (χ2n) is 6.58. The number of aryl methyl sites for hydroxylation is 1. The van der Waals surface area contributed by atoms with Crippen LogP contribution in [0, 0.1) is 6.92 Å². The largest absolute Gasteiger partial charge is 0.322 e. The molecule has 0 aliphatic rings. The second-order valence-corrected chi connectivity index (χ2v) is 6.58. The van der Waals surface area contributed by atoms with Crippen LogP contribution in [0.15, 0.2) is 79.1 Å². The lowest BCUT2D eigenvalue weighted by Gasteiger charge is -2.09. The van der Waals surface area contributed by atoms with Gasteiger partial charge in [0.05, 0.1) is 11.2 Å². The average Bonchev–Trinajstić information content (AvgIpc) is 2.75. The van der Waals surface area contributed by atoms with Gasteiger partial charge in [0, 0.05) is 29.0 Å². The highest BCUT2D eigenvalue weighted by Crippen LogP contribution is 2.21. The molecule has 0 radical (unpaired) electrons. The van der Waals surface area contributed by atoms with Crippen LogP contribution in [-0.4, -0.2) is 21.8 Å². The number of carbonyl (C=O) groups excluding carboxylic acids is 2. The van der Waals surface area contributed by atoms with Crippen LogP contribution in [0.25, 0.3) is 10.9 Å². The van der Waals surface area contributed by atoms with Crippen LogP contribution >= 0.6 is 0 Å². The Morgan fingerprint density at radius 1 is 0.793 bits per heavy atom. The quantitative estimate of drug-likeness (QED) is 0.546. The second kappa shape index (κ2) is 7.90. The molecule has 0 atom stereocenters. The summed E-state index contributed by atoms with van der Waals surface area (Å²) in [6.45, 7) is 1.98. The highest BCUT2D eigenvalue weighted by Gasteiger charge is 2.14. The van der Waals surface area contributed by atoms with Gasteiger partial charge in [0.15, 0.2) is 0 Å². The van der Waals surface area contributed by atoms with Gasteiger partial charge in [0.25, 0.3) is 11.8 Å². The number of amides is 2. The summed E-state index contributed by atoms with van der Waals surface area (Å²) in [4.78, 5) is 33.7. The van der Waals surface area contributed by atoms with Gasteiger partial charge in [-0.05, 0) is 43.3 Å². The van der Waals surface area contributed by atoms with Crippen molar-refractivity contribution in [3.63, 3.8) is 0 Å². The lowest BCUT2D eigenvalue weighted by atomic mass is 10.1. The summed E-state index contributed by atoms with van der Waals surface area (Å²) in [5.41, 5.74) is 3.57. The van der Waals surface area contributed by atoms with Crippen LogP contribution < -0.4 is 10.6 Å². The van der Waals surface area contributed by atoms with Gasteiger partial charge in [-0.15, -0.1) is 0 Å². The first kappa shape index (κ1) is 18.3. The van der Waals surface area contributed by atoms with Gasteiger partial charge in [-0.3, -0.25) is 19.6 Å². The third kappa shape index (κ3) is 4.11. The van der Waals surface area contributed by atoms with Crippen molar-refractivity contribution in [3.8, 4) is 0 Å². The number of hydrogen-bond donors (Lipinski definition) is 2. The average molecular weight is 382 g/mol. The van der Waals surface area contributed by atoms with Crippen LogP contribution in [-0.2, 0) is 0 Å². The third-order valence-electron chi connectivity index (χ3n) is 4.45. The van der Waals surface area contributed by atoms with Crippen molar-refractivity contribution in [1.29, 1.82) is 0 Å². The molecule has 2 aromatic heterocycles. The van der Waals surface area contributed by atoms with E-state index in [0.717, 1.165) is 10.9 Å². The molecule has 2 amide bonds. The molecule has 2 aromatic carbocycles. The number of hydrogen-bond acceptors (Lipinski definition) is 4. The van der Waals surface area contributed by atoms with E-state index < -0.39 is 5.91 Å². The molecular weight excluding hydrogens is 364 g/mol. The molecule has 0 saturated heterocycles. The van der Waals surface area contributed by atoms with Crippen molar-refractivity contribution < 1.29 is 9.59 Å². The van der Waals surface area contributed by atoms with E-state index in [0.29, 0.717) is 22.5 Å². The summed E-state index contributed by atoms with van der Waals surface area (Å²) in [7, 11) is 0. The van der Waals surface area contributed by atoms with Crippen molar-refractivity contribution >= 4 is 34.1 Å². The van der Waals surface area contributed by atoms with Crippen LogP contribution in [0.3, 0.4) is 0 Å². The molecule has 6 heteroatoms. The van der Waals surface area contributed by atoms with Gasteiger partial charge in [0.1, 0.15) is 5.69 Å². The van der Waals surface area contributed by atoms with Crippen LogP contribution in [0.2, 0.25) is 0 Å². The van der Waals surface area contributed by atoms with E-state index in [-0.39, 0.29) is 11.6 Å². The minimum absolute atomic E-state index is 0.148. The molecule has 0 spiro atoms. The molecule has 2 N–H and O–H groups in total. The van der Waals surface area contributed by atoms with E-state index in [1.165, 1.54) is 12.3 Å². The number of fused-ring (bicyclic) bond motifs is 1.